The third-order valence-corrected chi connectivity index (χ3v) is 6.46. The van der Waals surface area contributed by atoms with Crippen LogP contribution in [0.25, 0.3) is 22.3 Å². The standard InChI is InChI=1S/C24H24N4O3S/c1-28-8-6-18-17(10-15-2-4-16(5-3-15)21-13-32-14-25-21)11-20(26-23(18)28)24(30)27-19-7-9-31-12-22(19)29/h2-6,8,11,13-14,19,22,29H,7,9-10,12H2,1H3,(H,27,30)/t19-,22-/m0/s1. The molecule has 0 bridgehead atoms. The number of aryl methyl sites for hydroxylation is 1. The van der Waals surface area contributed by atoms with E-state index in [1.54, 1.807) is 11.3 Å². The summed E-state index contributed by atoms with van der Waals surface area (Å²) in [7, 11) is 1.92. The number of carbonyl (C=O) groups excluding carboxylic acids is 1. The molecule has 4 aromatic rings. The van der Waals surface area contributed by atoms with Crippen molar-refractivity contribution in [3.63, 3.8) is 0 Å². The van der Waals surface area contributed by atoms with E-state index in [1.165, 1.54) is 0 Å². The number of hydrogen-bond acceptors (Lipinski definition) is 6. The average Bonchev–Trinajstić information content (AvgIpc) is 3.47. The molecule has 1 aliphatic rings. The Balaban J connectivity index is 1.43. The Bertz CT molecular complexity index is 1230. The molecule has 1 saturated heterocycles. The van der Waals surface area contributed by atoms with Crippen LogP contribution in [0.15, 0.2) is 53.5 Å². The SMILES string of the molecule is Cn1ccc2c(Cc3ccc(-c4cscn4)cc3)cc(C(=O)N[C@H]3CCOC[C@@H]3O)nc21. The number of benzene rings is 1. The maximum absolute atomic E-state index is 13.0. The molecule has 4 heterocycles. The Kier molecular flexibility index (Phi) is 5.73. The number of amides is 1. The smallest absolute Gasteiger partial charge is 0.270 e. The van der Waals surface area contributed by atoms with Gasteiger partial charge in [-0.3, -0.25) is 4.79 Å². The number of carbonyl (C=O) groups is 1. The van der Waals surface area contributed by atoms with Gasteiger partial charge in [-0.05, 0) is 36.1 Å². The van der Waals surface area contributed by atoms with E-state index in [9.17, 15) is 9.90 Å². The summed E-state index contributed by atoms with van der Waals surface area (Å²) in [6, 6.07) is 11.9. The van der Waals surface area contributed by atoms with E-state index in [4.69, 9.17) is 4.74 Å². The Morgan fingerprint density at radius 1 is 1.31 bits per heavy atom. The molecule has 164 valence electrons. The number of nitrogens with zero attached hydrogens (tertiary/aromatic N) is 3. The van der Waals surface area contributed by atoms with Crippen molar-refractivity contribution >= 4 is 28.3 Å². The number of fused-ring (bicyclic) bond motifs is 1. The highest BCUT2D eigenvalue weighted by Gasteiger charge is 2.26. The number of hydrogen-bond donors (Lipinski definition) is 2. The number of aliphatic hydroxyl groups is 1. The fourth-order valence-electron chi connectivity index (χ4n) is 4.06. The molecule has 0 spiro atoms. The molecule has 2 N–H and O–H groups in total. The summed E-state index contributed by atoms with van der Waals surface area (Å²) in [6.07, 6.45) is 2.51. The fourth-order valence-corrected chi connectivity index (χ4v) is 4.63. The third-order valence-electron chi connectivity index (χ3n) is 5.88. The van der Waals surface area contributed by atoms with Crippen LogP contribution in [-0.4, -0.2) is 50.9 Å². The molecule has 3 aromatic heterocycles. The lowest BCUT2D eigenvalue weighted by molar-refractivity contribution is -0.0261. The molecule has 0 saturated carbocycles. The van der Waals surface area contributed by atoms with Crippen molar-refractivity contribution < 1.29 is 14.6 Å². The van der Waals surface area contributed by atoms with Gasteiger partial charge in [-0.15, -0.1) is 11.3 Å². The molecule has 0 radical (unpaired) electrons. The van der Waals surface area contributed by atoms with Crippen LogP contribution in [0.4, 0.5) is 0 Å². The van der Waals surface area contributed by atoms with Crippen LogP contribution in [-0.2, 0) is 18.2 Å². The zero-order valence-electron chi connectivity index (χ0n) is 17.7. The van der Waals surface area contributed by atoms with Gasteiger partial charge in [0, 0.05) is 36.2 Å². The summed E-state index contributed by atoms with van der Waals surface area (Å²) in [6.45, 7) is 0.756. The van der Waals surface area contributed by atoms with Crippen LogP contribution >= 0.6 is 11.3 Å². The van der Waals surface area contributed by atoms with E-state index < -0.39 is 6.10 Å². The van der Waals surface area contributed by atoms with E-state index in [2.05, 4.69) is 39.6 Å². The van der Waals surface area contributed by atoms with E-state index >= 15 is 0 Å². The number of pyridine rings is 1. The van der Waals surface area contributed by atoms with Gasteiger partial charge in [-0.25, -0.2) is 9.97 Å². The first-order valence-electron chi connectivity index (χ1n) is 10.6. The molecule has 0 aliphatic carbocycles. The Morgan fingerprint density at radius 3 is 2.91 bits per heavy atom. The van der Waals surface area contributed by atoms with Crippen molar-refractivity contribution in [2.24, 2.45) is 7.05 Å². The Labute approximate surface area is 189 Å². The minimum absolute atomic E-state index is 0.233. The predicted molar refractivity (Wildman–Crippen MR) is 124 cm³/mol. The first kappa shape index (κ1) is 20.8. The molecule has 1 aromatic carbocycles. The van der Waals surface area contributed by atoms with Crippen molar-refractivity contribution in [3.05, 3.63) is 70.3 Å². The van der Waals surface area contributed by atoms with Gasteiger partial charge in [0.1, 0.15) is 11.3 Å². The Morgan fingerprint density at radius 2 is 2.16 bits per heavy atom. The van der Waals surface area contributed by atoms with Gasteiger partial charge in [0.25, 0.3) is 5.91 Å². The fraction of sp³-hybridized carbons (Fsp3) is 0.292. The molecule has 1 aliphatic heterocycles. The van der Waals surface area contributed by atoms with Gasteiger partial charge < -0.3 is 19.7 Å². The maximum Gasteiger partial charge on any atom is 0.270 e. The first-order chi connectivity index (χ1) is 15.6. The van der Waals surface area contributed by atoms with Crippen LogP contribution < -0.4 is 5.32 Å². The van der Waals surface area contributed by atoms with Crippen LogP contribution in [0.1, 0.15) is 28.0 Å². The average molecular weight is 449 g/mol. The number of thiazole rings is 1. The van der Waals surface area contributed by atoms with Gasteiger partial charge in [0.2, 0.25) is 0 Å². The summed E-state index contributed by atoms with van der Waals surface area (Å²) < 4.78 is 7.18. The van der Waals surface area contributed by atoms with Gasteiger partial charge in [-0.1, -0.05) is 24.3 Å². The Hall–Kier alpha value is -3.07. The highest BCUT2D eigenvalue weighted by atomic mass is 32.1. The zero-order valence-corrected chi connectivity index (χ0v) is 18.5. The van der Waals surface area contributed by atoms with Crippen LogP contribution in [0.5, 0.6) is 0 Å². The third kappa shape index (κ3) is 4.17. The van der Waals surface area contributed by atoms with E-state index in [-0.39, 0.29) is 18.6 Å². The number of nitrogens with one attached hydrogen (secondary N) is 1. The maximum atomic E-state index is 13.0. The minimum atomic E-state index is -0.706. The number of aromatic nitrogens is 3. The molecule has 0 unspecified atom stereocenters. The van der Waals surface area contributed by atoms with Crippen LogP contribution in [0.2, 0.25) is 0 Å². The van der Waals surface area contributed by atoms with E-state index in [1.807, 2.05) is 40.8 Å². The second kappa shape index (κ2) is 8.82. The van der Waals surface area contributed by atoms with Crippen molar-refractivity contribution in [3.8, 4) is 11.3 Å². The lowest BCUT2D eigenvalue weighted by Gasteiger charge is -2.28. The van der Waals surface area contributed by atoms with Gasteiger partial charge in [-0.2, -0.15) is 0 Å². The largest absolute Gasteiger partial charge is 0.389 e. The highest BCUT2D eigenvalue weighted by molar-refractivity contribution is 7.07. The van der Waals surface area contributed by atoms with Crippen molar-refractivity contribution in [1.29, 1.82) is 0 Å². The van der Waals surface area contributed by atoms with E-state index in [0.717, 1.165) is 33.4 Å². The second-order valence-corrected chi connectivity index (χ2v) is 8.81. The normalized spacial score (nSPS) is 18.7. The topological polar surface area (TPSA) is 89.3 Å². The van der Waals surface area contributed by atoms with Crippen molar-refractivity contribution in [2.45, 2.75) is 25.0 Å². The highest BCUT2D eigenvalue weighted by Crippen LogP contribution is 2.25. The number of ether oxygens (including phenoxy) is 1. The van der Waals surface area contributed by atoms with E-state index in [0.29, 0.717) is 25.1 Å². The van der Waals surface area contributed by atoms with Crippen molar-refractivity contribution in [1.82, 2.24) is 19.9 Å². The zero-order chi connectivity index (χ0) is 22.1. The van der Waals surface area contributed by atoms with Crippen molar-refractivity contribution in [2.75, 3.05) is 13.2 Å². The van der Waals surface area contributed by atoms with Gasteiger partial charge >= 0.3 is 0 Å². The first-order valence-corrected chi connectivity index (χ1v) is 11.5. The molecule has 5 rings (SSSR count). The molecule has 7 nitrogen and oxygen atoms in total. The summed E-state index contributed by atoms with van der Waals surface area (Å²) in [5.41, 5.74) is 7.19. The molecule has 32 heavy (non-hydrogen) atoms. The van der Waals surface area contributed by atoms with Gasteiger partial charge in [0.15, 0.2) is 0 Å². The minimum Gasteiger partial charge on any atom is -0.389 e. The predicted octanol–water partition coefficient (Wildman–Crippen LogP) is 3.17. The molecular weight excluding hydrogens is 424 g/mol. The summed E-state index contributed by atoms with van der Waals surface area (Å²) in [5, 5.41) is 16.1. The quantitative estimate of drug-likeness (QED) is 0.490. The molecule has 1 fully saturated rings. The molecule has 2 atom stereocenters. The summed E-state index contributed by atoms with van der Waals surface area (Å²) in [4.78, 5) is 21.9. The molecule has 1 amide bonds. The van der Waals surface area contributed by atoms with Crippen LogP contribution in [0, 0.1) is 0 Å². The second-order valence-electron chi connectivity index (χ2n) is 8.09. The van der Waals surface area contributed by atoms with Crippen LogP contribution in [0.3, 0.4) is 0 Å². The monoisotopic (exact) mass is 448 g/mol. The molecular formula is C24H24N4O3S. The summed E-state index contributed by atoms with van der Waals surface area (Å²) in [5.74, 6) is -0.279. The number of aliphatic hydroxyl groups excluding tert-OH is 1. The lowest BCUT2D eigenvalue weighted by atomic mass is 10.00. The lowest BCUT2D eigenvalue weighted by Crippen LogP contribution is -2.48. The molecule has 8 heteroatoms. The summed E-state index contributed by atoms with van der Waals surface area (Å²) >= 11 is 1.58. The van der Waals surface area contributed by atoms with Gasteiger partial charge in [0.05, 0.1) is 30.0 Å². The number of rotatable bonds is 5.